The SMILES string of the molecule is O=C(CCC1CCN(S(=O)(=O)c2ccccc2)CC1)NCc1ccncc1. The zero-order valence-electron chi connectivity index (χ0n) is 15.3. The predicted molar refractivity (Wildman–Crippen MR) is 103 cm³/mol. The number of benzene rings is 1. The molecule has 1 aliphatic rings. The van der Waals surface area contributed by atoms with Crippen LogP contribution in [0.3, 0.4) is 0 Å². The van der Waals surface area contributed by atoms with E-state index in [0.29, 0.717) is 36.9 Å². The molecule has 0 bridgehead atoms. The van der Waals surface area contributed by atoms with Gasteiger partial charge in [0.1, 0.15) is 0 Å². The van der Waals surface area contributed by atoms with Crippen molar-refractivity contribution in [2.45, 2.75) is 37.1 Å². The van der Waals surface area contributed by atoms with E-state index in [2.05, 4.69) is 10.3 Å². The summed E-state index contributed by atoms with van der Waals surface area (Å²) in [5, 5.41) is 2.92. The van der Waals surface area contributed by atoms with Crippen molar-refractivity contribution in [3.8, 4) is 0 Å². The molecule has 0 atom stereocenters. The fraction of sp³-hybridized carbons (Fsp3) is 0.400. The first-order chi connectivity index (χ1) is 13.1. The third kappa shape index (κ3) is 5.37. The standard InChI is InChI=1S/C20H25N3O3S/c24-20(22-16-18-8-12-21-13-9-18)7-6-17-10-14-23(15-11-17)27(25,26)19-4-2-1-3-5-19/h1-5,8-9,12-13,17H,6-7,10-11,14-16H2,(H,22,24). The third-order valence-electron chi connectivity index (χ3n) is 4.97. The Morgan fingerprint density at radius 3 is 2.41 bits per heavy atom. The number of aromatic nitrogens is 1. The molecule has 1 amide bonds. The molecule has 1 N–H and O–H groups in total. The molecule has 1 fully saturated rings. The number of sulfonamides is 1. The van der Waals surface area contributed by atoms with Crippen LogP contribution in [0.2, 0.25) is 0 Å². The van der Waals surface area contributed by atoms with E-state index in [9.17, 15) is 13.2 Å². The highest BCUT2D eigenvalue weighted by molar-refractivity contribution is 7.89. The second-order valence-corrected chi connectivity index (χ2v) is 8.77. The van der Waals surface area contributed by atoms with Crippen molar-refractivity contribution in [3.63, 3.8) is 0 Å². The smallest absolute Gasteiger partial charge is 0.243 e. The highest BCUT2D eigenvalue weighted by Gasteiger charge is 2.29. The molecule has 0 aliphatic carbocycles. The Bertz CT molecular complexity index is 833. The molecule has 3 rings (SSSR count). The summed E-state index contributed by atoms with van der Waals surface area (Å²) in [5.74, 6) is 0.421. The number of nitrogens with one attached hydrogen (secondary N) is 1. The van der Waals surface area contributed by atoms with E-state index < -0.39 is 10.0 Å². The van der Waals surface area contributed by atoms with Crippen LogP contribution in [0, 0.1) is 5.92 Å². The second kappa shape index (κ2) is 9.10. The van der Waals surface area contributed by atoms with Crippen LogP contribution in [0.15, 0.2) is 59.8 Å². The number of piperidine rings is 1. The molecule has 1 aliphatic heterocycles. The summed E-state index contributed by atoms with van der Waals surface area (Å²) in [7, 11) is -3.41. The largest absolute Gasteiger partial charge is 0.352 e. The van der Waals surface area contributed by atoms with Crippen LogP contribution in [0.25, 0.3) is 0 Å². The maximum absolute atomic E-state index is 12.6. The number of hydrogen-bond acceptors (Lipinski definition) is 4. The van der Waals surface area contributed by atoms with Gasteiger partial charge in [-0.1, -0.05) is 18.2 Å². The number of hydrogen-bond donors (Lipinski definition) is 1. The maximum atomic E-state index is 12.6. The first kappa shape index (κ1) is 19.5. The number of carbonyl (C=O) groups excluding carboxylic acids is 1. The van der Waals surface area contributed by atoms with Gasteiger partial charge in [-0.25, -0.2) is 8.42 Å². The van der Waals surface area contributed by atoms with Crippen molar-refractivity contribution < 1.29 is 13.2 Å². The predicted octanol–water partition coefficient (Wildman–Crippen LogP) is 2.58. The highest BCUT2D eigenvalue weighted by Crippen LogP contribution is 2.26. The summed E-state index contributed by atoms with van der Waals surface area (Å²) in [6.07, 6.45) is 6.27. The zero-order valence-corrected chi connectivity index (χ0v) is 16.1. The Morgan fingerprint density at radius 1 is 1.07 bits per heavy atom. The fourth-order valence-electron chi connectivity index (χ4n) is 3.30. The lowest BCUT2D eigenvalue weighted by Gasteiger charge is -2.31. The Kier molecular flexibility index (Phi) is 6.58. The van der Waals surface area contributed by atoms with Gasteiger partial charge in [-0.15, -0.1) is 0 Å². The first-order valence-electron chi connectivity index (χ1n) is 9.26. The lowest BCUT2D eigenvalue weighted by Crippen LogP contribution is -2.38. The van der Waals surface area contributed by atoms with E-state index in [1.807, 2.05) is 18.2 Å². The molecular formula is C20H25N3O3S. The Labute approximate surface area is 160 Å². The number of nitrogens with zero attached hydrogens (tertiary/aromatic N) is 2. The molecule has 2 heterocycles. The van der Waals surface area contributed by atoms with Crippen molar-refractivity contribution in [2.24, 2.45) is 5.92 Å². The van der Waals surface area contributed by atoms with Gasteiger partial charge in [-0.05, 0) is 55.0 Å². The van der Waals surface area contributed by atoms with E-state index in [0.717, 1.165) is 24.8 Å². The maximum Gasteiger partial charge on any atom is 0.243 e. The lowest BCUT2D eigenvalue weighted by atomic mass is 9.93. The number of rotatable bonds is 7. The van der Waals surface area contributed by atoms with Crippen molar-refractivity contribution in [1.82, 2.24) is 14.6 Å². The van der Waals surface area contributed by atoms with Crippen molar-refractivity contribution in [1.29, 1.82) is 0 Å². The minimum Gasteiger partial charge on any atom is -0.352 e. The molecule has 0 radical (unpaired) electrons. The molecule has 1 saturated heterocycles. The first-order valence-corrected chi connectivity index (χ1v) is 10.7. The fourth-order valence-corrected chi connectivity index (χ4v) is 4.80. The molecule has 2 aromatic rings. The number of amides is 1. The van der Waals surface area contributed by atoms with Gasteiger partial charge in [-0.2, -0.15) is 4.31 Å². The molecular weight excluding hydrogens is 362 g/mol. The van der Waals surface area contributed by atoms with E-state index in [1.165, 1.54) is 0 Å². The minimum atomic E-state index is -3.41. The van der Waals surface area contributed by atoms with Crippen LogP contribution in [0.1, 0.15) is 31.2 Å². The van der Waals surface area contributed by atoms with Gasteiger partial charge in [0.2, 0.25) is 15.9 Å². The highest BCUT2D eigenvalue weighted by atomic mass is 32.2. The van der Waals surface area contributed by atoms with Gasteiger partial charge < -0.3 is 5.32 Å². The average Bonchev–Trinajstić information content (AvgIpc) is 2.72. The van der Waals surface area contributed by atoms with Gasteiger partial charge >= 0.3 is 0 Å². The minimum absolute atomic E-state index is 0.0335. The van der Waals surface area contributed by atoms with Gasteiger partial charge in [-0.3, -0.25) is 9.78 Å². The lowest BCUT2D eigenvalue weighted by molar-refractivity contribution is -0.121. The Balaban J connectivity index is 1.41. The van der Waals surface area contributed by atoms with Crippen molar-refractivity contribution in [2.75, 3.05) is 13.1 Å². The molecule has 0 unspecified atom stereocenters. The third-order valence-corrected chi connectivity index (χ3v) is 6.89. The van der Waals surface area contributed by atoms with E-state index in [1.54, 1.807) is 41.0 Å². The van der Waals surface area contributed by atoms with Crippen LogP contribution in [-0.2, 0) is 21.4 Å². The van der Waals surface area contributed by atoms with Gasteiger partial charge in [0.25, 0.3) is 0 Å². The van der Waals surface area contributed by atoms with Gasteiger partial charge in [0, 0.05) is 38.4 Å². The molecule has 27 heavy (non-hydrogen) atoms. The molecule has 0 saturated carbocycles. The molecule has 0 spiro atoms. The van der Waals surface area contributed by atoms with E-state index in [-0.39, 0.29) is 5.91 Å². The molecule has 6 nitrogen and oxygen atoms in total. The molecule has 144 valence electrons. The van der Waals surface area contributed by atoms with E-state index in [4.69, 9.17) is 0 Å². The average molecular weight is 388 g/mol. The molecule has 1 aromatic heterocycles. The van der Waals surface area contributed by atoms with Gasteiger partial charge in [0.05, 0.1) is 4.90 Å². The normalized spacial score (nSPS) is 16.1. The summed E-state index contributed by atoms with van der Waals surface area (Å²) in [4.78, 5) is 16.3. The summed E-state index contributed by atoms with van der Waals surface area (Å²) >= 11 is 0. The molecule has 1 aromatic carbocycles. The van der Waals surface area contributed by atoms with Crippen molar-refractivity contribution in [3.05, 3.63) is 60.4 Å². The summed E-state index contributed by atoms with van der Waals surface area (Å²) in [6, 6.07) is 12.3. The Hall–Kier alpha value is -2.25. The second-order valence-electron chi connectivity index (χ2n) is 6.83. The summed E-state index contributed by atoms with van der Waals surface area (Å²) < 4.78 is 26.8. The summed E-state index contributed by atoms with van der Waals surface area (Å²) in [6.45, 7) is 1.54. The zero-order chi connectivity index (χ0) is 19.1. The van der Waals surface area contributed by atoms with Crippen LogP contribution >= 0.6 is 0 Å². The van der Waals surface area contributed by atoms with Crippen LogP contribution in [-0.4, -0.2) is 36.7 Å². The number of carbonyl (C=O) groups is 1. The van der Waals surface area contributed by atoms with Crippen LogP contribution in [0.4, 0.5) is 0 Å². The van der Waals surface area contributed by atoms with Gasteiger partial charge in [0.15, 0.2) is 0 Å². The number of pyridine rings is 1. The van der Waals surface area contributed by atoms with Crippen LogP contribution < -0.4 is 5.32 Å². The monoisotopic (exact) mass is 387 g/mol. The van der Waals surface area contributed by atoms with Crippen LogP contribution in [0.5, 0.6) is 0 Å². The van der Waals surface area contributed by atoms with Crippen molar-refractivity contribution >= 4 is 15.9 Å². The Morgan fingerprint density at radius 2 is 1.74 bits per heavy atom. The topological polar surface area (TPSA) is 79.4 Å². The quantitative estimate of drug-likeness (QED) is 0.792. The molecule has 7 heteroatoms. The summed E-state index contributed by atoms with van der Waals surface area (Å²) in [5.41, 5.74) is 1.03. The van der Waals surface area contributed by atoms with E-state index >= 15 is 0 Å².